The highest BCUT2D eigenvalue weighted by atomic mass is 19.1. The van der Waals surface area contributed by atoms with Crippen LogP contribution in [0.15, 0.2) is 18.2 Å². The molecule has 0 radical (unpaired) electrons. The van der Waals surface area contributed by atoms with Crippen molar-refractivity contribution in [3.63, 3.8) is 0 Å². The number of imidazole rings is 1. The lowest BCUT2D eigenvalue weighted by molar-refractivity contribution is 0.408. The Kier molecular flexibility index (Phi) is 3.92. The van der Waals surface area contributed by atoms with Gasteiger partial charge in [0.05, 0.1) is 18.5 Å². The maximum atomic E-state index is 13.4. The minimum Gasteiger partial charge on any atom is -0.494 e. The molecule has 1 aromatic carbocycles. The van der Waals surface area contributed by atoms with Crippen LogP contribution < -0.4 is 10.1 Å². The summed E-state index contributed by atoms with van der Waals surface area (Å²) >= 11 is 0. The van der Waals surface area contributed by atoms with Crippen LogP contribution in [0.4, 0.5) is 4.39 Å². The number of fused-ring (bicyclic) bond motifs is 1. The van der Waals surface area contributed by atoms with Crippen molar-refractivity contribution in [1.82, 2.24) is 14.9 Å². The average molecular weight is 289 g/mol. The highest BCUT2D eigenvalue weighted by Crippen LogP contribution is 2.29. The van der Waals surface area contributed by atoms with Gasteiger partial charge in [-0.1, -0.05) is 6.92 Å². The number of hydrogen-bond acceptors (Lipinski definition) is 3. The summed E-state index contributed by atoms with van der Waals surface area (Å²) in [5, 5.41) is 3.35. The molecule has 4 nitrogen and oxygen atoms in total. The second kappa shape index (κ2) is 5.85. The Morgan fingerprint density at radius 1 is 1.43 bits per heavy atom. The van der Waals surface area contributed by atoms with Crippen LogP contribution in [-0.4, -0.2) is 23.2 Å². The van der Waals surface area contributed by atoms with Gasteiger partial charge in [-0.05, 0) is 18.6 Å². The van der Waals surface area contributed by atoms with E-state index in [0.717, 1.165) is 49.6 Å². The number of aryl methyl sites for hydroxylation is 1. The van der Waals surface area contributed by atoms with Gasteiger partial charge in [-0.15, -0.1) is 0 Å². The Balaban J connectivity index is 2.18. The predicted molar refractivity (Wildman–Crippen MR) is 79.5 cm³/mol. The fraction of sp³-hybridized carbons (Fsp3) is 0.438. The van der Waals surface area contributed by atoms with Crippen LogP contribution in [0.2, 0.25) is 0 Å². The monoisotopic (exact) mass is 289 g/mol. The summed E-state index contributed by atoms with van der Waals surface area (Å²) in [6, 6.07) is 4.68. The van der Waals surface area contributed by atoms with Crippen molar-refractivity contribution in [2.45, 2.75) is 32.7 Å². The molecule has 2 aromatic rings. The third-order valence-corrected chi connectivity index (χ3v) is 3.81. The molecule has 1 N–H and O–H groups in total. The quantitative estimate of drug-likeness (QED) is 0.940. The van der Waals surface area contributed by atoms with Crippen LogP contribution in [0.25, 0.3) is 5.69 Å². The number of hydrogen-bond donors (Lipinski definition) is 1. The summed E-state index contributed by atoms with van der Waals surface area (Å²) < 4.78 is 21.0. The molecule has 0 spiro atoms. The number of methoxy groups -OCH3 is 1. The molecule has 0 bridgehead atoms. The van der Waals surface area contributed by atoms with Crippen LogP contribution in [-0.2, 0) is 19.4 Å². The number of ether oxygens (including phenoxy) is 1. The van der Waals surface area contributed by atoms with E-state index in [2.05, 4.69) is 16.8 Å². The fourth-order valence-corrected chi connectivity index (χ4v) is 2.88. The molecule has 2 heterocycles. The summed E-state index contributed by atoms with van der Waals surface area (Å²) in [7, 11) is 1.57. The number of benzene rings is 1. The van der Waals surface area contributed by atoms with Gasteiger partial charge in [0.15, 0.2) is 0 Å². The largest absolute Gasteiger partial charge is 0.494 e. The molecule has 0 unspecified atom stereocenters. The molecule has 5 heteroatoms. The smallest absolute Gasteiger partial charge is 0.145 e. The Morgan fingerprint density at radius 2 is 2.29 bits per heavy atom. The number of rotatable bonds is 4. The van der Waals surface area contributed by atoms with Crippen molar-refractivity contribution in [1.29, 1.82) is 0 Å². The first kappa shape index (κ1) is 14.1. The molecule has 0 saturated carbocycles. The Hall–Kier alpha value is -1.88. The standard InChI is InChI=1S/C16H20FN3O/c1-3-4-16-19-12-10-18-8-7-13(12)20(16)14-6-5-11(17)9-15(14)21-2/h5-6,9,18H,3-4,7-8,10H2,1-2H3. The van der Waals surface area contributed by atoms with Gasteiger partial charge in [0.2, 0.25) is 0 Å². The minimum absolute atomic E-state index is 0.289. The Labute approximate surface area is 124 Å². The summed E-state index contributed by atoms with van der Waals surface area (Å²) in [4.78, 5) is 4.77. The van der Waals surface area contributed by atoms with Gasteiger partial charge in [-0.3, -0.25) is 4.57 Å². The summed E-state index contributed by atoms with van der Waals surface area (Å²) in [5.41, 5.74) is 3.18. The zero-order valence-electron chi connectivity index (χ0n) is 12.4. The molecule has 0 amide bonds. The number of nitrogens with zero attached hydrogens (tertiary/aromatic N) is 2. The molecule has 112 valence electrons. The van der Waals surface area contributed by atoms with Crippen molar-refractivity contribution < 1.29 is 9.13 Å². The first-order chi connectivity index (χ1) is 10.2. The molecule has 0 saturated heterocycles. The van der Waals surface area contributed by atoms with Crippen LogP contribution >= 0.6 is 0 Å². The lowest BCUT2D eigenvalue weighted by Gasteiger charge is -2.18. The zero-order valence-corrected chi connectivity index (χ0v) is 12.4. The first-order valence-corrected chi connectivity index (χ1v) is 7.38. The highest BCUT2D eigenvalue weighted by Gasteiger charge is 2.22. The van der Waals surface area contributed by atoms with Crippen molar-refractivity contribution >= 4 is 0 Å². The van der Waals surface area contributed by atoms with Gasteiger partial charge < -0.3 is 10.1 Å². The molecular weight excluding hydrogens is 269 g/mol. The summed E-state index contributed by atoms with van der Waals surface area (Å²) in [6.07, 6.45) is 2.84. The maximum absolute atomic E-state index is 13.4. The van der Waals surface area contributed by atoms with Crippen molar-refractivity contribution in [2.75, 3.05) is 13.7 Å². The van der Waals surface area contributed by atoms with E-state index in [1.165, 1.54) is 17.8 Å². The van der Waals surface area contributed by atoms with E-state index in [1.54, 1.807) is 13.2 Å². The molecule has 0 aliphatic carbocycles. The third-order valence-electron chi connectivity index (χ3n) is 3.81. The Bertz CT molecular complexity index is 651. The van der Waals surface area contributed by atoms with Gasteiger partial charge in [0.1, 0.15) is 17.4 Å². The normalized spacial score (nSPS) is 14.0. The number of aromatic nitrogens is 2. The molecule has 1 aromatic heterocycles. The van der Waals surface area contributed by atoms with E-state index in [-0.39, 0.29) is 5.82 Å². The van der Waals surface area contributed by atoms with Gasteiger partial charge in [-0.25, -0.2) is 9.37 Å². The molecule has 21 heavy (non-hydrogen) atoms. The average Bonchev–Trinajstić information content (AvgIpc) is 2.85. The van der Waals surface area contributed by atoms with Crippen molar-refractivity contribution in [3.05, 3.63) is 41.2 Å². The van der Waals surface area contributed by atoms with Gasteiger partial charge in [0.25, 0.3) is 0 Å². The zero-order chi connectivity index (χ0) is 14.8. The number of halogens is 1. The summed E-state index contributed by atoms with van der Waals surface area (Å²) in [6.45, 7) is 3.87. The fourth-order valence-electron chi connectivity index (χ4n) is 2.88. The predicted octanol–water partition coefficient (Wildman–Crippen LogP) is 2.62. The molecular formula is C16H20FN3O. The Morgan fingerprint density at radius 3 is 3.05 bits per heavy atom. The van der Waals surface area contributed by atoms with Crippen LogP contribution in [0.5, 0.6) is 5.75 Å². The molecule has 3 rings (SSSR count). The first-order valence-electron chi connectivity index (χ1n) is 7.38. The van der Waals surface area contributed by atoms with E-state index in [9.17, 15) is 4.39 Å². The minimum atomic E-state index is -0.289. The molecule has 1 aliphatic heterocycles. The van der Waals surface area contributed by atoms with E-state index in [4.69, 9.17) is 9.72 Å². The van der Waals surface area contributed by atoms with Crippen molar-refractivity contribution in [3.8, 4) is 11.4 Å². The van der Waals surface area contributed by atoms with Gasteiger partial charge in [-0.2, -0.15) is 0 Å². The van der Waals surface area contributed by atoms with Gasteiger partial charge in [0, 0.05) is 37.7 Å². The van der Waals surface area contributed by atoms with Gasteiger partial charge >= 0.3 is 0 Å². The second-order valence-corrected chi connectivity index (χ2v) is 5.25. The van der Waals surface area contributed by atoms with E-state index in [1.807, 2.05) is 0 Å². The van der Waals surface area contributed by atoms with Crippen molar-refractivity contribution in [2.24, 2.45) is 0 Å². The second-order valence-electron chi connectivity index (χ2n) is 5.25. The molecule has 0 atom stereocenters. The molecule has 1 aliphatic rings. The molecule has 0 fully saturated rings. The van der Waals surface area contributed by atoms with Crippen LogP contribution in [0.3, 0.4) is 0 Å². The lowest BCUT2D eigenvalue weighted by atomic mass is 10.1. The lowest BCUT2D eigenvalue weighted by Crippen LogP contribution is -2.24. The van der Waals surface area contributed by atoms with E-state index < -0.39 is 0 Å². The highest BCUT2D eigenvalue weighted by molar-refractivity contribution is 5.50. The topological polar surface area (TPSA) is 39.1 Å². The maximum Gasteiger partial charge on any atom is 0.145 e. The van der Waals surface area contributed by atoms with E-state index in [0.29, 0.717) is 5.75 Å². The van der Waals surface area contributed by atoms with Crippen LogP contribution in [0.1, 0.15) is 30.6 Å². The third kappa shape index (κ3) is 2.53. The van der Waals surface area contributed by atoms with Crippen LogP contribution in [0, 0.1) is 5.82 Å². The van der Waals surface area contributed by atoms with E-state index >= 15 is 0 Å². The summed E-state index contributed by atoms with van der Waals surface area (Å²) in [5.74, 6) is 1.28. The number of nitrogens with one attached hydrogen (secondary N) is 1. The SMILES string of the molecule is CCCc1nc2c(n1-c1ccc(F)cc1OC)CCNC2.